The number of hydrogen-bond donors (Lipinski definition) is 2. The van der Waals surface area contributed by atoms with E-state index in [9.17, 15) is 10.4 Å². The van der Waals surface area contributed by atoms with Gasteiger partial charge in [-0.15, -0.1) is 0 Å². The monoisotopic (exact) mass is 370 g/mol. The van der Waals surface area contributed by atoms with E-state index in [-0.39, 0.29) is 17.6 Å². The Morgan fingerprint density at radius 1 is 1.04 bits per heavy atom. The van der Waals surface area contributed by atoms with E-state index < -0.39 is 0 Å². The summed E-state index contributed by atoms with van der Waals surface area (Å²) in [5, 5.41) is 19.3. The van der Waals surface area contributed by atoms with E-state index in [0.29, 0.717) is 17.9 Å². The normalized spacial score (nSPS) is 15.3. The minimum atomic E-state index is -0.363. The Morgan fingerprint density at radius 3 is 2.50 bits per heavy atom. The van der Waals surface area contributed by atoms with Crippen molar-refractivity contribution in [3.05, 3.63) is 101 Å². The predicted molar refractivity (Wildman–Crippen MR) is 105 cm³/mol. The highest BCUT2D eigenvalue weighted by molar-refractivity contribution is 5.57. The van der Waals surface area contributed by atoms with Gasteiger partial charge in [-0.1, -0.05) is 48.5 Å². The molecule has 0 saturated heterocycles. The number of allylic oxidation sites excluding steroid dienone is 1. The van der Waals surface area contributed by atoms with Crippen LogP contribution in [0.5, 0.6) is 17.2 Å². The third kappa shape index (κ3) is 3.36. The van der Waals surface area contributed by atoms with E-state index in [1.54, 1.807) is 12.1 Å². The number of ether oxygens (including phenoxy) is 2. The average molecular weight is 370 g/mol. The number of nitrogens with two attached hydrogens (primary N) is 1. The number of fused-ring (bicyclic) bond motifs is 1. The second kappa shape index (κ2) is 7.37. The lowest BCUT2D eigenvalue weighted by atomic mass is 9.83. The van der Waals surface area contributed by atoms with Crippen LogP contribution in [0, 0.1) is 11.3 Å². The number of nitrogens with zero attached hydrogens (tertiary/aromatic N) is 1. The maximum absolute atomic E-state index is 9.73. The quantitative estimate of drug-likeness (QED) is 0.719. The molecule has 5 heteroatoms. The average Bonchev–Trinajstić information content (AvgIpc) is 2.72. The summed E-state index contributed by atoms with van der Waals surface area (Å²) in [6, 6.07) is 24.5. The van der Waals surface area contributed by atoms with Gasteiger partial charge in [0.05, 0.1) is 5.92 Å². The zero-order valence-electron chi connectivity index (χ0n) is 15.0. The minimum absolute atomic E-state index is 0.0509. The molecule has 0 radical (unpaired) electrons. The van der Waals surface area contributed by atoms with Crippen LogP contribution in [0.1, 0.15) is 22.6 Å². The molecule has 1 aliphatic rings. The van der Waals surface area contributed by atoms with Crippen LogP contribution in [-0.4, -0.2) is 5.11 Å². The molecule has 28 heavy (non-hydrogen) atoms. The Bertz CT molecular complexity index is 1070. The van der Waals surface area contributed by atoms with E-state index in [1.807, 2.05) is 54.6 Å². The first-order valence-corrected chi connectivity index (χ1v) is 8.83. The summed E-state index contributed by atoms with van der Waals surface area (Å²) in [6.45, 7) is 0.482. The van der Waals surface area contributed by atoms with Gasteiger partial charge in [-0.05, 0) is 29.3 Å². The molecule has 138 valence electrons. The highest BCUT2D eigenvalue weighted by Gasteiger charge is 2.30. The maximum Gasteiger partial charge on any atom is 0.205 e. The summed E-state index contributed by atoms with van der Waals surface area (Å²) >= 11 is 0. The molecule has 3 N–H and O–H groups in total. The summed E-state index contributed by atoms with van der Waals surface area (Å²) < 4.78 is 11.4. The van der Waals surface area contributed by atoms with Gasteiger partial charge in [0.15, 0.2) is 0 Å². The van der Waals surface area contributed by atoms with Crippen LogP contribution in [-0.2, 0) is 6.61 Å². The lowest BCUT2D eigenvalue weighted by Gasteiger charge is -2.26. The SMILES string of the molecule is N#CC1=C(N)Oc2cc(O)ccc2[C@H]1c1ccc(OCc2ccccc2)cc1. The summed E-state index contributed by atoms with van der Waals surface area (Å²) in [5.41, 5.74) is 9.06. The Hall–Kier alpha value is -3.91. The first-order chi connectivity index (χ1) is 13.7. The second-order valence-electron chi connectivity index (χ2n) is 6.49. The molecule has 0 fully saturated rings. The third-order valence-electron chi connectivity index (χ3n) is 4.66. The van der Waals surface area contributed by atoms with E-state index in [2.05, 4.69) is 6.07 Å². The van der Waals surface area contributed by atoms with Crippen molar-refractivity contribution in [2.24, 2.45) is 5.73 Å². The van der Waals surface area contributed by atoms with Crippen molar-refractivity contribution in [3.8, 4) is 23.3 Å². The van der Waals surface area contributed by atoms with Gasteiger partial charge in [0.2, 0.25) is 5.88 Å². The van der Waals surface area contributed by atoms with Crippen molar-refractivity contribution in [1.29, 1.82) is 5.26 Å². The maximum atomic E-state index is 9.73. The van der Waals surface area contributed by atoms with Gasteiger partial charge in [0.25, 0.3) is 0 Å². The van der Waals surface area contributed by atoms with Crippen molar-refractivity contribution < 1.29 is 14.6 Å². The predicted octanol–water partition coefficient (Wildman–Crippen LogP) is 4.19. The fourth-order valence-electron chi connectivity index (χ4n) is 3.28. The summed E-state index contributed by atoms with van der Waals surface area (Å²) in [4.78, 5) is 0. The zero-order valence-corrected chi connectivity index (χ0v) is 15.0. The molecular formula is C23H18N2O3. The Labute approximate surface area is 162 Å². The van der Waals surface area contributed by atoms with Crippen molar-refractivity contribution in [3.63, 3.8) is 0 Å². The van der Waals surface area contributed by atoms with E-state index in [1.165, 1.54) is 6.07 Å². The van der Waals surface area contributed by atoms with Crippen LogP contribution in [0.15, 0.2) is 84.3 Å². The molecule has 0 amide bonds. The molecule has 0 saturated carbocycles. The number of nitriles is 1. The Morgan fingerprint density at radius 2 is 1.79 bits per heavy atom. The van der Waals surface area contributed by atoms with Gasteiger partial charge in [0.1, 0.15) is 35.5 Å². The molecule has 0 aliphatic carbocycles. The topological polar surface area (TPSA) is 88.5 Å². The summed E-state index contributed by atoms with van der Waals surface area (Å²) in [6.07, 6.45) is 0. The molecule has 1 heterocycles. The van der Waals surface area contributed by atoms with Crippen LogP contribution in [0.2, 0.25) is 0 Å². The standard InChI is InChI=1S/C23H18N2O3/c24-13-20-22(19-11-8-17(26)12-21(19)28-23(20)25)16-6-9-18(10-7-16)27-14-15-4-2-1-3-5-15/h1-12,22,26H,14,25H2/t22-/m1/s1. The summed E-state index contributed by atoms with van der Waals surface area (Å²) in [5.74, 6) is 0.954. The van der Waals surface area contributed by atoms with Crippen LogP contribution < -0.4 is 15.2 Å². The van der Waals surface area contributed by atoms with Crippen molar-refractivity contribution in [1.82, 2.24) is 0 Å². The smallest absolute Gasteiger partial charge is 0.205 e. The second-order valence-corrected chi connectivity index (χ2v) is 6.49. The van der Waals surface area contributed by atoms with Gasteiger partial charge in [-0.2, -0.15) is 5.26 Å². The molecule has 0 spiro atoms. The molecule has 3 aromatic rings. The Kier molecular flexibility index (Phi) is 4.61. The van der Waals surface area contributed by atoms with Gasteiger partial charge >= 0.3 is 0 Å². The first kappa shape index (κ1) is 17.5. The molecule has 1 aliphatic heterocycles. The van der Waals surface area contributed by atoms with Crippen molar-refractivity contribution in [2.45, 2.75) is 12.5 Å². The van der Waals surface area contributed by atoms with Crippen LogP contribution in [0.4, 0.5) is 0 Å². The number of rotatable bonds is 4. The lowest BCUT2D eigenvalue weighted by Crippen LogP contribution is -2.20. The number of benzene rings is 3. The largest absolute Gasteiger partial charge is 0.508 e. The van der Waals surface area contributed by atoms with Gasteiger partial charge in [0, 0.05) is 11.6 Å². The first-order valence-electron chi connectivity index (χ1n) is 8.83. The number of phenolic OH excluding ortho intramolecular Hbond substituents is 1. The molecule has 0 unspecified atom stereocenters. The van der Waals surface area contributed by atoms with Crippen LogP contribution >= 0.6 is 0 Å². The number of hydrogen-bond acceptors (Lipinski definition) is 5. The summed E-state index contributed by atoms with van der Waals surface area (Å²) in [7, 11) is 0. The molecule has 1 atom stereocenters. The fourth-order valence-corrected chi connectivity index (χ4v) is 3.28. The van der Waals surface area contributed by atoms with E-state index >= 15 is 0 Å². The van der Waals surface area contributed by atoms with Gasteiger partial charge in [-0.25, -0.2) is 0 Å². The van der Waals surface area contributed by atoms with Gasteiger partial charge in [-0.3, -0.25) is 0 Å². The van der Waals surface area contributed by atoms with Crippen molar-refractivity contribution >= 4 is 0 Å². The minimum Gasteiger partial charge on any atom is -0.508 e. The molecule has 3 aromatic carbocycles. The van der Waals surface area contributed by atoms with Crippen molar-refractivity contribution in [2.75, 3.05) is 0 Å². The molecule has 4 rings (SSSR count). The van der Waals surface area contributed by atoms with E-state index in [0.717, 1.165) is 22.4 Å². The zero-order chi connectivity index (χ0) is 19.5. The van der Waals surface area contributed by atoms with Gasteiger partial charge < -0.3 is 20.3 Å². The molecule has 5 nitrogen and oxygen atoms in total. The van der Waals surface area contributed by atoms with E-state index in [4.69, 9.17) is 15.2 Å². The molecule has 0 bridgehead atoms. The third-order valence-corrected chi connectivity index (χ3v) is 4.66. The highest BCUT2D eigenvalue weighted by atomic mass is 16.5. The Balaban J connectivity index is 1.62. The highest BCUT2D eigenvalue weighted by Crippen LogP contribution is 2.43. The van der Waals surface area contributed by atoms with Crippen LogP contribution in [0.25, 0.3) is 0 Å². The lowest BCUT2D eigenvalue weighted by molar-refractivity contribution is 0.306. The molecular weight excluding hydrogens is 352 g/mol. The number of aromatic hydroxyl groups is 1. The van der Waals surface area contributed by atoms with Crippen LogP contribution in [0.3, 0.4) is 0 Å². The fraction of sp³-hybridized carbons (Fsp3) is 0.0870. The number of phenols is 1. The molecule has 0 aromatic heterocycles.